The number of carboxylic acids is 1. The van der Waals surface area contributed by atoms with Gasteiger partial charge in [0, 0.05) is 52.6 Å². The van der Waals surface area contributed by atoms with Crippen molar-refractivity contribution in [3.8, 4) is 11.5 Å². The van der Waals surface area contributed by atoms with Crippen LogP contribution in [0.3, 0.4) is 0 Å². The maximum absolute atomic E-state index is 12.9. The van der Waals surface area contributed by atoms with Crippen LogP contribution >= 0.6 is 69.1 Å². The summed E-state index contributed by atoms with van der Waals surface area (Å²) in [5, 5.41) is 14.8. The predicted octanol–water partition coefficient (Wildman–Crippen LogP) is 10.9. The number of nitrogens with zero attached hydrogens (tertiary/aromatic N) is 2. The maximum Gasteiger partial charge on any atom is 0.416 e. The Kier molecular flexibility index (Phi) is 25.1. The Balaban J connectivity index is 0. The van der Waals surface area contributed by atoms with E-state index in [0.717, 1.165) is 29.8 Å². The number of hydrogen-bond donors (Lipinski definition) is 4. The minimum absolute atomic E-state index is 0.0185. The molecule has 5 N–H and O–H groups in total. The molecular formula is C33H42Br2F9I2N5O7. The minimum Gasteiger partial charge on any atom is -0.480 e. The molecule has 0 aromatic heterocycles. The lowest BCUT2D eigenvalue weighted by molar-refractivity contribution is -0.145. The lowest BCUT2D eigenvalue weighted by Crippen LogP contribution is -2.55. The Morgan fingerprint density at radius 3 is 1.29 bits per heavy atom. The van der Waals surface area contributed by atoms with Gasteiger partial charge >= 0.3 is 36.6 Å². The average Bonchev–Trinajstić information content (AvgIpc) is 3.07. The summed E-state index contributed by atoms with van der Waals surface area (Å²) in [5.41, 5.74) is -0.328. The number of Topliss-reactive ketones (excluding diaryl/α,β-unsaturated/α-hetero) is 1. The first-order valence-corrected chi connectivity index (χ1v) is 24.2. The van der Waals surface area contributed by atoms with Crippen LogP contribution in [0.4, 0.5) is 49.1 Å². The van der Waals surface area contributed by atoms with Crippen molar-refractivity contribution < 1.29 is 73.5 Å². The van der Waals surface area contributed by atoms with Crippen molar-refractivity contribution >= 4 is 92.9 Å². The molecule has 0 aliphatic rings. The number of carbonyl (C=O) groups is 4. The van der Waals surface area contributed by atoms with Gasteiger partial charge in [0.15, 0.2) is 17.3 Å². The topological polar surface area (TPSA) is 164 Å². The van der Waals surface area contributed by atoms with Gasteiger partial charge in [0.25, 0.3) is 0 Å². The van der Waals surface area contributed by atoms with Crippen molar-refractivity contribution in [2.24, 2.45) is 5.73 Å². The number of alkyl halides is 9. The second-order valence-electron chi connectivity index (χ2n) is 12.3. The highest BCUT2D eigenvalue weighted by atomic mass is 128. The van der Waals surface area contributed by atoms with Gasteiger partial charge in [-0.3, -0.25) is 4.79 Å². The first kappa shape index (κ1) is 57.6. The number of nitrogens with one attached hydrogen (secondary N) is 2. The van der Waals surface area contributed by atoms with Crippen LogP contribution in [0.25, 0.3) is 0 Å². The smallest absolute Gasteiger partial charge is 0.416 e. The van der Waals surface area contributed by atoms with Crippen molar-refractivity contribution in [2.45, 2.75) is 90.9 Å². The molecule has 0 heterocycles. The van der Waals surface area contributed by atoms with Gasteiger partial charge in [0.1, 0.15) is 5.54 Å². The Morgan fingerprint density at radius 2 is 1.02 bits per heavy atom. The number of aliphatic carboxylic acids is 1. The van der Waals surface area contributed by atoms with E-state index >= 15 is 0 Å². The summed E-state index contributed by atoms with van der Waals surface area (Å²) in [6, 6.07) is 3.69. The summed E-state index contributed by atoms with van der Waals surface area (Å²) in [7, 11) is 0. The molecule has 0 fully saturated rings. The second kappa shape index (κ2) is 25.3. The number of amides is 4. The van der Waals surface area contributed by atoms with Crippen molar-refractivity contribution in [1.82, 2.24) is 20.8 Å². The van der Waals surface area contributed by atoms with Crippen LogP contribution in [0.15, 0.2) is 45.3 Å². The Morgan fingerprint density at radius 1 is 0.690 bits per heavy atom. The third-order valence-corrected chi connectivity index (χ3v) is 7.48. The number of rotatable bonds is 12. The van der Waals surface area contributed by atoms with Crippen LogP contribution in [0.2, 0.25) is 0 Å². The van der Waals surface area contributed by atoms with Gasteiger partial charge in [0.2, 0.25) is 0 Å². The van der Waals surface area contributed by atoms with E-state index in [0.29, 0.717) is 11.1 Å². The minimum atomic E-state index is -4.64. The zero-order valence-corrected chi connectivity index (χ0v) is 39.3. The number of urea groups is 2. The third-order valence-electron chi connectivity index (χ3n) is 6.56. The standard InChI is InChI=1S/C17H19BrF6N2O3.C14H16BrF3N2O4.C2H7N.I2/c1-4-26(29-12-8-10(17(22,23)24)7-11(18)9-12)14(28)25-15(2,3)13(27)5-6-16(19,20)21;1-4-20(12(23)19-13(2,3)11(21)22)24-10-6-8(14(16,17)18)5-9(15)7-10;1-2-3;1-2/h7-9H,4-6H2,1-3H3,(H,25,28);5-7H,4H2,1-3H3,(H,19,23)(H,21,22);2-3H2,1H3;. The van der Waals surface area contributed by atoms with Crippen molar-refractivity contribution in [2.75, 3.05) is 19.6 Å². The van der Waals surface area contributed by atoms with E-state index in [4.69, 9.17) is 20.5 Å². The highest BCUT2D eigenvalue weighted by Gasteiger charge is 2.37. The molecule has 58 heavy (non-hydrogen) atoms. The average molecular weight is 1210 g/mol. The fourth-order valence-corrected chi connectivity index (χ4v) is 4.61. The van der Waals surface area contributed by atoms with E-state index in [-0.39, 0.29) is 33.5 Å². The van der Waals surface area contributed by atoms with Gasteiger partial charge in [-0.1, -0.05) is 38.8 Å². The monoisotopic (exact) mass is 1200 g/mol. The summed E-state index contributed by atoms with van der Waals surface area (Å²) in [4.78, 5) is 57.8. The van der Waals surface area contributed by atoms with Crippen LogP contribution in [-0.2, 0) is 21.9 Å². The molecule has 332 valence electrons. The van der Waals surface area contributed by atoms with Crippen LogP contribution < -0.4 is 26.0 Å². The normalized spacial score (nSPS) is 11.5. The van der Waals surface area contributed by atoms with E-state index in [9.17, 15) is 58.7 Å². The number of ketones is 1. The summed E-state index contributed by atoms with van der Waals surface area (Å²) in [6.07, 6.45) is -15.9. The molecule has 12 nitrogen and oxygen atoms in total. The fourth-order valence-electron chi connectivity index (χ4n) is 3.66. The lowest BCUT2D eigenvalue weighted by atomic mass is 9.95. The van der Waals surface area contributed by atoms with Gasteiger partial charge < -0.3 is 31.1 Å². The number of nitrogens with two attached hydrogens (primary N) is 1. The van der Waals surface area contributed by atoms with Crippen molar-refractivity contribution in [1.29, 1.82) is 0 Å². The first-order chi connectivity index (χ1) is 26.3. The second-order valence-corrected chi connectivity index (χ2v) is 14.1. The van der Waals surface area contributed by atoms with Crippen LogP contribution in [-0.4, -0.2) is 75.9 Å². The molecule has 0 bridgehead atoms. The summed E-state index contributed by atoms with van der Waals surface area (Å²) >= 11 is 10.1. The number of carbonyl (C=O) groups excluding carboxylic acids is 3. The highest BCUT2D eigenvalue weighted by Crippen LogP contribution is 2.35. The molecule has 0 saturated carbocycles. The van der Waals surface area contributed by atoms with E-state index in [1.165, 1.54) is 53.7 Å². The maximum atomic E-state index is 12.9. The number of hydrogen-bond acceptors (Lipinski definition) is 7. The summed E-state index contributed by atoms with van der Waals surface area (Å²) in [5.74, 6) is -2.65. The molecule has 4 amide bonds. The van der Waals surface area contributed by atoms with E-state index in [2.05, 4.69) is 79.7 Å². The Hall–Kier alpha value is -2.53. The molecule has 0 radical (unpaired) electrons. The van der Waals surface area contributed by atoms with Gasteiger partial charge in [-0.15, -0.1) is 0 Å². The highest BCUT2D eigenvalue weighted by molar-refractivity contribution is 15.0. The molecule has 0 aliphatic heterocycles. The fraction of sp³-hybridized carbons (Fsp3) is 0.515. The zero-order valence-electron chi connectivity index (χ0n) is 31.8. The van der Waals surface area contributed by atoms with Crippen LogP contribution in [0.5, 0.6) is 11.5 Å². The molecule has 0 spiro atoms. The number of halogens is 13. The SMILES string of the molecule is CCN.CCN(Oc1cc(Br)cc(C(F)(F)F)c1)C(=O)NC(C)(C)C(=O)CCC(F)(F)F.CCN(Oc1cc(Br)cc(C(F)(F)F)c1)C(=O)NC(C)(C)C(=O)O.II. The molecule has 2 aromatic rings. The molecule has 0 saturated heterocycles. The molecule has 0 unspecified atom stereocenters. The number of benzene rings is 2. The first-order valence-electron chi connectivity index (χ1n) is 16.3. The van der Waals surface area contributed by atoms with E-state index < -0.39 is 77.4 Å². The van der Waals surface area contributed by atoms with Crippen LogP contribution in [0, 0.1) is 0 Å². The largest absolute Gasteiger partial charge is 0.480 e. The molecular weight excluding hydrogens is 1160 g/mol. The van der Waals surface area contributed by atoms with Gasteiger partial charge in [0.05, 0.1) is 36.2 Å². The molecule has 2 rings (SSSR count). The summed E-state index contributed by atoms with van der Waals surface area (Å²) in [6.45, 7) is 10.5. The quantitative estimate of drug-likeness (QED) is 0.0927. The Bertz CT molecular complexity index is 1650. The van der Waals surface area contributed by atoms with E-state index in [1.54, 1.807) is 0 Å². The predicted molar refractivity (Wildman–Crippen MR) is 220 cm³/mol. The molecule has 25 heteroatoms. The van der Waals surface area contributed by atoms with Gasteiger partial charge in [-0.2, -0.15) is 49.6 Å². The molecule has 0 atom stereocenters. The number of carboxylic acid groups (broad SMARTS) is 1. The number of hydroxylamine groups is 4. The van der Waals surface area contributed by atoms with Crippen molar-refractivity contribution in [3.63, 3.8) is 0 Å². The molecule has 0 aliphatic carbocycles. The van der Waals surface area contributed by atoms with Gasteiger partial charge in [-0.05, 0) is 84.5 Å². The lowest BCUT2D eigenvalue weighted by Gasteiger charge is -2.29. The zero-order chi connectivity index (χ0) is 46.0. The third kappa shape index (κ3) is 22.2. The van der Waals surface area contributed by atoms with Crippen LogP contribution in [0.1, 0.15) is 72.4 Å². The Labute approximate surface area is 368 Å². The summed E-state index contributed by atoms with van der Waals surface area (Å²) < 4.78 is 114. The molecule has 2 aromatic carbocycles. The van der Waals surface area contributed by atoms with E-state index in [1.807, 2.05) is 6.92 Å². The van der Waals surface area contributed by atoms with Gasteiger partial charge in [-0.25, -0.2) is 14.4 Å². The van der Waals surface area contributed by atoms with Crippen molar-refractivity contribution in [3.05, 3.63) is 56.5 Å².